The van der Waals surface area contributed by atoms with Crippen LogP contribution in [-0.2, 0) is 0 Å². The fourth-order valence-electron chi connectivity index (χ4n) is 4.32. The van der Waals surface area contributed by atoms with Crippen LogP contribution < -0.4 is 0 Å². The first-order valence-electron chi connectivity index (χ1n) is 8.36. The Morgan fingerprint density at radius 3 is 2.91 bits per heavy atom. The molecule has 3 heterocycles. The van der Waals surface area contributed by atoms with E-state index in [9.17, 15) is 13.9 Å². The average molecular weight is 321 g/mol. The molecule has 2 aliphatic heterocycles. The second kappa shape index (κ2) is 5.51. The quantitative estimate of drug-likeness (QED) is 0.867. The maximum absolute atomic E-state index is 15.0. The number of fused-ring (bicyclic) bond motifs is 3. The van der Waals surface area contributed by atoms with Crippen molar-refractivity contribution in [2.75, 3.05) is 0 Å². The number of rotatable bonds is 3. The largest absolute Gasteiger partial charge is 0.393 e. The Kier molecular flexibility index (Phi) is 3.59. The van der Waals surface area contributed by atoms with Gasteiger partial charge in [0, 0.05) is 36.0 Å². The molecule has 1 N–H and O–H groups in total. The molecule has 3 unspecified atom stereocenters. The minimum absolute atomic E-state index is 0.0109. The summed E-state index contributed by atoms with van der Waals surface area (Å²) in [5, 5.41) is 9.56. The van der Waals surface area contributed by atoms with Gasteiger partial charge in [0.05, 0.1) is 12.4 Å². The summed E-state index contributed by atoms with van der Waals surface area (Å²) in [6.45, 7) is 0. The van der Waals surface area contributed by atoms with Crippen molar-refractivity contribution < 1.29 is 13.9 Å². The molecule has 124 valence electrons. The number of halogens is 2. The molecule has 1 aromatic rings. The molecule has 1 aromatic heterocycles. The topological polar surface area (TPSA) is 50.4 Å². The molecule has 4 rings (SSSR count). The van der Waals surface area contributed by atoms with Crippen molar-refractivity contribution in [3.05, 3.63) is 30.2 Å². The van der Waals surface area contributed by atoms with E-state index in [1.165, 1.54) is 0 Å². The lowest BCUT2D eigenvalue weighted by atomic mass is 9.79. The lowest BCUT2D eigenvalue weighted by molar-refractivity contribution is 0.0238. The van der Waals surface area contributed by atoms with E-state index >= 15 is 0 Å². The van der Waals surface area contributed by atoms with Crippen molar-refractivity contribution in [3.63, 3.8) is 0 Å². The van der Waals surface area contributed by atoms with E-state index in [1.54, 1.807) is 24.8 Å². The molecule has 0 amide bonds. The van der Waals surface area contributed by atoms with E-state index in [2.05, 4.69) is 14.5 Å². The summed E-state index contributed by atoms with van der Waals surface area (Å²) in [7, 11) is 0. The van der Waals surface area contributed by atoms with E-state index in [-0.39, 0.29) is 24.0 Å². The van der Waals surface area contributed by atoms with Gasteiger partial charge in [-0.15, -0.1) is 0 Å². The molecular formula is C17H21F2N3O. The zero-order valence-electron chi connectivity index (χ0n) is 12.9. The fraction of sp³-hybridized carbons (Fsp3) is 0.647. The maximum Gasteiger partial charge on any atom is 0.208 e. The van der Waals surface area contributed by atoms with Crippen LogP contribution >= 0.6 is 0 Å². The monoisotopic (exact) mass is 321 g/mol. The zero-order chi connectivity index (χ0) is 16.0. The number of aromatic nitrogens is 2. The van der Waals surface area contributed by atoms with Crippen molar-refractivity contribution in [1.29, 1.82) is 0 Å². The normalized spacial score (nSPS) is 39.0. The SMILES string of the molecule is OC1CCC(F)(CCC2C3C=C(F)N=CC3c3cncn32)CC1. The third-order valence-corrected chi connectivity index (χ3v) is 5.68. The van der Waals surface area contributed by atoms with Crippen LogP contribution in [0.15, 0.2) is 29.5 Å². The Labute approximate surface area is 133 Å². The van der Waals surface area contributed by atoms with Crippen molar-refractivity contribution in [1.82, 2.24) is 9.55 Å². The molecule has 0 saturated heterocycles. The highest BCUT2D eigenvalue weighted by molar-refractivity contribution is 5.71. The second-order valence-electron chi connectivity index (χ2n) is 7.08. The van der Waals surface area contributed by atoms with Crippen molar-refractivity contribution >= 4 is 6.21 Å². The summed E-state index contributed by atoms with van der Waals surface area (Å²) in [5.41, 5.74) is -0.178. The summed E-state index contributed by atoms with van der Waals surface area (Å²) < 4.78 is 30.6. The summed E-state index contributed by atoms with van der Waals surface area (Å²) in [6.07, 6.45) is 9.39. The highest BCUT2D eigenvalue weighted by Gasteiger charge is 2.42. The molecule has 23 heavy (non-hydrogen) atoms. The van der Waals surface area contributed by atoms with Gasteiger partial charge in [-0.25, -0.2) is 14.4 Å². The number of alkyl halides is 1. The molecule has 3 aliphatic rings. The molecule has 1 saturated carbocycles. The molecular weight excluding hydrogens is 300 g/mol. The van der Waals surface area contributed by atoms with E-state index in [4.69, 9.17) is 0 Å². The van der Waals surface area contributed by atoms with Gasteiger partial charge in [0.15, 0.2) is 0 Å². The molecule has 4 nitrogen and oxygen atoms in total. The average Bonchev–Trinajstić information content (AvgIpc) is 3.09. The molecule has 3 atom stereocenters. The first kappa shape index (κ1) is 15.0. The summed E-state index contributed by atoms with van der Waals surface area (Å²) in [6, 6.07) is 0.0227. The van der Waals surface area contributed by atoms with Gasteiger partial charge >= 0.3 is 0 Å². The number of allylic oxidation sites excluding steroid dienone is 1. The molecule has 0 spiro atoms. The van der Waals surface area contributed by atoms with Crippen molar-refractivity contribution in [3.8, 4) is 0 Å². The minimum atomic E-state index is -1.21. The maximum atomic E-state index is 15.0. The number of aliphatic hydroxyl groups is 1. The zero-order valence-corrected chi connectivity index (χ0v) is 12.9. The van der Waals surface area contributed by atoms with Crippen LogP contribution in [0.4, 0.5) is 8.78 Å². The van der Waals surface area contributed by atoms with Gasteiger partial charge in [-0.3, -0.25) is 0 Å². The minimum Gasteiger partial charge on any atom is -0.393 e. The molecule has 1 fully saturated rings. The summed E-state index contributed by atoms with van der Waals surface area (Å²) >= 11 is 0. The Morgan fingerprint density at radius 2 is 2.13 bits per heavy atom. The van der Waals surface area contributed by atoms with Crippen LogP contribution in [0.2, 0.25) is 0 Å². The van der Waals surface area contributed by atoms with Crippen LogP contribution in [0, 0.1) is 5.92 Å². The predicted molar refractivity (Wildman–Crippen MR) is 82.7 cm³/mol. The number of hydrogen-bond donors (Lipinski definition) is 1. The Bertz CT molecular complexity index is 646. The summed E-state index contributed by atoms with van der Waals surface area (Å²) in [5.74, 6) is -0.431. The molecule has 6 heteroatoms. The third kappa shape index (κ3) is 2.63. The van der Waals surface area contributed by atoms with E-state index in [1.807, 2.05) is 0 Å². The van der Waals surface area contributed by atoms with Crippen LogP contribution in [0.5, 0.6) is 0 Å². The van der Waals surface area contributed by atoms with Crippen LogP contribution in [0.1, 0.15) is 56.2 Å². The fourth-order valence-corrected chi connectivity index (χ4v) is 4.32. The van der Waals surface area contributed by atoms with Gasteiger partial charge in [-0.05, 0) is 44.6 Å². The van der Waals surface area contributed by atoms with Gasteiger partial charge < -0.3 is 9.67 Å². The van der Waals surface area contributed by atoms with E-state index in [0.29, 0.717) is 38.5 Å². The number of nitrogens with zero attached hydrogens (tertiary/aromatic N) is 3. The number of aliphatic imine (C=N–C) groups is 1. The predicted octanol–water partition coefficient (Wildman–Crippen LogP) is 3.46. The molecule has 0 radical (unpaired) electrons. The standard InChI is InChI=1S/C17H21F2N3O/c18-16-7-12-13(8-21-16)15-9-20-10-22(15)14(12)3-6-17(19)4-1-11(23)2-5-17/h7-14,23H,1-6H2. The first-order chi connectivity index (χ1) is 11.1. The van der Waals surface area contributed by atoms with E-state index < -0.39 is 11.6 Å². The molecule has 1 aliphatic carbocycles. The Balaban J connectivity index is 1.51. The third-order valence-electron chi connectivity index (χ3n) is 5.68. The molecule has 0 aromatic carbocycles. The lowest BCUT2D eigenvalue weighted by Gasteiger charge is -2.33. The number of aliphatic hydroxyl groups excluding tert-OH is 1. The summed E-state index contributed by atoms with van der Waals surface area (Å²) in [4.78, 5) is 7.97. The van der Waals surface area contributed by atoms with Crippen LogP contribution in [0.3, 0.4) is 0 Å². The van der Waals surface area contributed by atoms with Crippen LogP contribution in [0.25, 0.3) is 0 Å². The van der Waals surface area contributed by atoms with Gasteiger partial charge in [0.2, 0.25) is 5.95 Å². The Hall–Kier alpha value is -1.56. The van der Waals surface area contributed by atoms with Gasteiger partial charge in [-0.2, -0.15) is 4.39 Å². The highest BCUT2D eigenvalue weighted by atomic mass is 19.1. The lowest BCUT2D eigenvalue weighted by Crippen LogP contribution is -2.32. The van der Waals surface area contributed by atoms with Crippen molar-refractivity contribution in [2.24, 2.45) is 10.9 Å². The first-order valence-corrected chi connectivity index (χ1v) is 8.36. The Morgan fingerprint density at radius 1 is 1.35 bits per heavy atom. The number of imidazole rings is 1. The highest BCUT2D eigenvalue weighted by Crippen LogP contribution is 2.47. The van der Waals surface area contributed by atoms with Crippen molar-refractivity contribution in [2.45, 2.75) is 62.3 Å². The van der Waals surface area contributed by atoms with Gasteiger partial charge in [-0.1, -0.05) is 0 Å². The van der Waals surface area contributed by atoms with E-state index in [0.717, 1.165) is 5.69 Å². The van der Waals surface area contributed by atoms with Gasteiger partial charge in [0.1, 0.15) is 5.67 Å². The number of hydrogen-bond acceptors (Lipinski definition) is 3. The molecule has 0 bridgehead atoms. The second-order valence-corrected chi connectivity index (χ2v) is 7.08. The smallest absolute Gasteiger partial charge is 0.208 e. The van der Waals surface area contributed by atoms with Crippen LogP contribution in [-0.4, -0.2) is 32.6 Å². The van der Waals surface area contributed by atoms with Gasteiger partial charge in [0.25, 0.3) is 0 Å².